The summed E-state index contributed by atoms with van der Waals surface area (Å²) < 4.78 is 0. The van der Waals surface area contributed by atoms with Crippen molar-refractivity contribution in [2.24, 2.45) is 0 Å². The van der Waals surface area contributed by atoms with Crippen molar-refractivity contribution in [3.63, 3.8) is 0 Å². The Labute approximate surface area is 129 Å². The molecule has 21 heavy (non-hydrogen) atoms. The number of rotatable bonds is 6. The zero-order valence-electron chi connectivity index (χ0n) is 13.3. The summed E-state index contributed by atoms with van der Waals surface area (Å²) in [7, 11) is 0. The van der Waals surface area contributed by atoms with Gasteiger partial charge < -0.3 is 10.6 Å². The molecule has 1 atom stereocenters. The van der Waals surface area contributed by atoms with E-state index in [1.165, 1.54) is 64.2 Å². The summed E-state index contributed by atoms with van der Waals surface area (Å²) in [6.45, 7) is 2.82. The lowest BCUT2D eigenvalue weighted by atomic mass is 10.1. The second-order valence-corrected chi connectivity index (χ2v) is 7.21. The Morgan fingerprint density at radius 3 is 2.38 bits per heavy atom. The summed E-state index contributed by atoms with van der Waals surface area (Å²) in [6.07, 6.45) is 12.7. The molecule has 0 radical (unpaired) electrons. The summed E-state index contributed by atoms with van der Waals surface area (Å²) in [5, 5.41) is 6.86. The normalized spacial score (nSPS) is 27.8. The van der Waals surface area contributed by atoms with Crippen LogP contribution in [0.5, 0.6) is 0 Å². The average Bonchev–Trinajstić information content (AvgIpc) is 3.24. The highest BCUT2D eigenvalue weighted by atomic mass is 16.2. The number of nitrogens with zero attached hydrogens (tertiary/aromatic N) is 1. The third-order valence-corrected chi connectivity index (χ3v) is 5.25. The zero-order chi connectivity index (χ0) is 14.5. The lowest BCUT2D eigenvalue weighted by Gasteiger charge is -2.26. The van der Waals surface area contributed by atoms with Crippen molar-refractivity contribution in [3.8, 4) is 0 Å². The highest BCUT2D eigenvalue weighted by molar-refractivity contribution is 5.78. The van der Waals surface area contributed by atoms with Crippen LogP contribution in [0.4, 0.5) is 0 Å². The van der Waals surface area contributed by atoms with Crippen molar-refractivity contribution in [1.82, 2.24) is 15.5 Å². The first-order valence-electron chi connectivity index (χ1n) is 9.08. The quantitative estimate of drug-likeness (QED) is 0.737. The second kappa shape index (κ2) is 7.59. The van der Waals surface area contributed by atoms with Gasteiger partial charge in [0.1, 0.15) is 0 Å². The third kappa shape index (κ3) is 4.96. The van der Waals surface area contributed by atoms with Crippen LogP contribution in [0, 0.1) is 0 Å². The van der Waals surface area contributed by atoms with E-state index < -0.39 is 0 Å². The van der Waals surface area contributed by atoms with Crippen LogP contribution in [0.3, 0.4) is 0 Å². The molecule has 0 bridgehead atoms. The first kappa shape index (κ1) is 15.3. The van der Waals surface area contributed by atoms with Crippen molar-refractivity contribution in [1.29, 1.82) is 0 Å². The Kier molecular flexibility index (Phi) is 5.53. The lowest BCUT2D eigenvalue weighted by molar-refractivity contribution is -0.123. The van der Waals surface area contributed by atoms with Gasteiger partial charge in [0.15, 0.2) is 0 Å². The summed E-state index contributed by atoms with van der Waals surface area (Å²) >= 11 is 0. The van der Waals surface area contributed by atoms with Gasteiger partial charge in [0.25, 0.3) is 0 Å². The Balaban J connectivity index is 1.44. The molecule has 2 N–H and O–H groups in total. The van der Waals surface area contributed by atoms with E-state index in [0.717, 1.165) is 13.1 Å². The molecule has 3 rings (SSSR count). The van der Waals surface area contributed by atoms with Crippen molar-refractivity contribution >= 4 is 5.91 Å². The Bertz CT molecular complexity index is 329. The van der Waals surface area contributed by atoms with Crippen LogP contribution in [0.2, 0.25) is 0 Å². The molecule has 3 aliphatic rings. The molecule has 3 fully saturated rings. The van der Waals surface area contributed by atoms with E-state index in [4.69, 9.17) is 0 Å². The van der Waals surface area contributed by atoms with Gasteiger partial charge in [-0.25, -0.2) is 0 Å². The van der Waals surface area contributed by atoms with E-state index in [1.54, 1.807) is 0 Å². The molecule has 0 spiro atoms. The first-order valence-corrected chi connectivity index (χ1v) is 9.08. The van der Waals surface area contributed by atoms with Gasteiger partial charge in [0.05, 0.1) is 6.54 Å². The Morgan fingerprint density at radius 2 is 1.76 bits per heavy atom. The van der Waals surface area contributed by atoms with Gasteiger partial charge >= 0.3 is 0 Å². The Morgan fingerprint density at radius 1 is 1.00 bits per heavy atom. The molecule has 1 aliphatic heterocycles. The molecule has 1 heterocycles. The topological polar surface area (TPSA) is 44.4 Å². The van der Waals surface area contributed by atoms with Gasteiger partial charge in [-0.15, -0.1) is 0 Å². The van der Waals surface area contributed by atoms with Crippen LogP contribution >= 0.6 is 0 Å². The fourth-order valence-electron chi connectivity index (χ4n) is 3.86. The van der Waals surface area contributed by atoms with Gasteiger partial charge in [0.2, 0.25) is 5.91 Å². The van der Waals surface area contributed by atoms with Crippen LogP contribution in [0.25, 0.3) is 0 Å². The van der Waals surface area contributed by atoms with Crippen LogP contribution in [-0.4, -0.2) is 48.6 Å². The van der Waals surface area contributed by atoms with E-state index in [9.17, 15) is 4.79 Å². The first-order chi connectivity index (χ1) is 10.3. The minimum absolute atomic E-state index is 0.256. The summed E-state index contributed by atoms with van der Waals surface area (Å²) in [5.74, 6) is 0.256. The molecule has 2 aliphatic carbocycles. The van der Waals surface area contributed by atoms with Gasteiger partial charge in [-0.05, 0) is 45.1 Å². The third-order valence-electron chi connectivity index (χ3n) is 5.25. The van der Waals surface area contributed by atoms with Gasteiger partial charge in [0, 0.05) is 24.7 Å². The number of carbonyl (C=O) groups is 1. The van der Waals surface area contributed by atoms with E-state index in [2.05, 4.69) is 15.5 Å². The molecular weight excluding hydrogens is 262 g/mol. The average molecular weight is 293 g/mol. The van der Waals surface area contributed by atoms with Crippen LogP contribution in [-0.2, 0) is 4.79 Å². The molecule has 4 heteroatoms. The number of nitrogens with one attached hydrogen (secondary N) is 2. The van der Waals surface area contributed by atoms with Gasteiger partial charge in [-0.1, -0.05) is 25.7 Å². The van der Waals surface area contributed by atoms with E-state index in [-0.39, 0.29) is 5.91 Å². The van der Waals surface area contributed by atoms with Gasteiger partial charge in [-0.3, -0.25) is 9.69 Å². The SMILES string of the molecule is O=C(CN(CC1CCCN1)C1CC1)NC1CCCCCC1. The number of hydrogen-bond acceptors (Lipinski definition) is 3. The summed E-state index contributed by atoms with van der Waals surface area (Å²) in [6, 6.07) is 1.72. The molecule has 1 amide bonds. The highest BCUT2D eigenvalue weighted by Crippen LogP contribution is 2.27. The van der Waals surface area contributed by atoms with Gasteiger partial charge in [-0.2, -0.15) is 0 Å². The number of hydrogen-bond donors (Lipinski definition) is 2. The molecule has 0 aromatic carbocycles. The molecule has 120 valence electrons. The van der Waals surface area contributed by atoms with Crippen molar-refractivity contribution in [3.05, 3.63) is 0 Å². The summed E-state index contributed by atoms with van der Waals surface area (Å²) in [5.41, 5.74) is 0. The maximum atomic E-state index is 12.4. The predicted octanol–water partition coefficient (Wildman–Crippen LogP) is 2.04. The zero-order valence-corrected chi connectivity index (χ0v) is 13.3. The fourth-order valence-corrected chi connectivity index (χ4v) is 3.86. The molecule has 0 aromatic rings. The molecule has 4 nitrogen and oxygen atoms in total. The monoisotopic (exact) mass is 293 g/mol. The minimum Gasteiger partial charge on any atom is -0.352 e. The fraction of sp³-hybridized carbons (Fsp3) is 0.941. The molecule has 0 aromatic heterocycles. The van der Waals surface area contributed by atoms with Crippen molar-refractivity contribution in [2.75, 3.05) is 19.6 Å². The van der Waals surface area contributed by atoms with Crippen LogP contribution < -0.4 is 10.6 Å². The standard InChI is InChI=1S/C17H31N3O/c21-17(19-14-6-3-1-2-4-7-14)13-20(16-9-10-16)12-15-8-5-11-18-15/h14-16,18H,1-13H2,(H,19,21). The minimum atomic E-state index is 0.256. The molecule has 1 saturated heterocycles. The summed E-state index contributed by atoms with van der Waals surface area (Å²) in [4.78, 5) is 14.8. The Hall–Kier alpha value is -0.610. The second-order valence-electron chi connectivity index (χ2n) is 7.21. The smallest absolute Gasteiger partial charge is 0.234 e. The van der Waals surface area contributed by atoms with Crippen LogP contribution in [0.15, 0.2) is 0 Å². The van der Waals surface area contributed by atoms with Crippen molar-refractivity contribution < 1.29 is 4.79 Å². The highest BCUT2D eigenvalue weighted by Gasteiger charge is 2.32. The predicted molar refractivity (Wildman–Crippen MR) is 85.3 cm³/mol. The largest absolute Gasteiger partial charge is 0.352 e. The number of carbonyl (C=O) groups excluding carboxylic acids is 1. The van der Waals surface area contributed by atoms with E-state index in [1.807, 2.05) is 0 Å². The van der Waals surface area contributed by atoms with E-state index >= 15 is 0 Å². The van der Waals surface area contributed by atoms with E-state index in [0.29, 0.717) is 24.7 Å². The van der Waals surface area contributed by atoms with Crippen LogP contribution in [0.1, 0.15) is 64.2 Å². The van der Waals surface area contributed by atoms with Crippen molar-refractivity contribution in [2.45, 2.75) is 82.3 Å². The lowest BCUT2D eigenvalue weighted by Crippen LogP contribution is -2.46. The molecular formula is C17H31N3O. The maximum Gasteiger partial charge on any atom is 0.234 e. The molecule has 1 unspecified atom stereocenters. The maximum absolute atomic E-state index is 12.4. The number of amides is 1. The molecule has 2 saturated carbocycles.